The highest BCUT2D eigenvalue weighted by molar-refractivity contribution is 6.61. The molecule has 3 heteroatoms. The Kier molecular flexibility index (Phi) is 5.47. The summed E-state index contributed by atoms with van der Waals surface area (Å²) < 4.78 is 12.3. The van der Waals surface area contributed by atoms with E-state index in [0.717, 1.165) is 18.3 Å². The number of unbranched alkanes of at least 4 members (excludes halogenated alkanes) is 1. The van der Waals surface area contributed by atoms with Crippen molar-refractivity contribution < 1.29 is 9.31 Å². The Morgan fingerprint density at radius 2 is 1.95 bits per heavy atom. The monoisotopic (exact) mass is 260 g/mol. The molecule has 1 fully saturated rings. The first kappa shape index (κ1) is 14.6. The van der Waals surface area contributed by atoms with Gasteiger partial charge in [0.25, 0.3) is 0 Å². The van der Waals surface area contributed by atoms with Gasteiger partial charge in [0.1, 0.15) is 0 Å². The predicted octanol–water partition coefficient (Wildman–Crippen LogP) is 3.40. The Morgan fingerprint density at radius 3 is 2.58 bits per heavy atom. The van der Waals surface area contributed by atoms with E-state index in [-0.39, 0.29) is 7.12 Å². The molecule has 0 spiro atoms. The number of hydrogen-bond donors (Lipinski definition) is 0. The van der Waals surface area contributed by atoms with Crippen molar-refractivity contribution >= 4 is 12.6 Å². The van der Waals surface area contributed by atoms with Crippen molar-refractivity contribution in [2.45, 2.75) is 58.7 Å². The zero-order chi connectivity index (χ0) is 13.7. The van der Waals surface area contributed by atoms with Crippen LogP contribution in [0.4, 0.5) is 0 Å². The van der Waals surface area contributed by atoms with Crippen LogP contribution in [0.3, 0.4) is 0 Å². The Bertz CT molecular complexity index is 366. The molecule has 0 amide bonds. The van der Waals surface area contributed by atoms with E-state index in [4.69, 9.17) is 9.31 Å². The van der Waals surface area contributed by atoms with Gasteiger partial charge >= 0.3 is 7.12 Å². The quantitative estimate of drug-likeness (QED) is 0.755. The summed E-state index contributed by atoms with van der Waals surface area (Å²) in [5.74, 6) is 0.541. The first-order valence-corrected chi connectivity index (χ1v) is 7.56. The molecule has 1 heterocycles. The molecule has 1 aromatic rings. The minimum absolute atomic E-state index is 0.191. The zero-order valence-corrected chi connectivity index (χ0v) is 12.3. The second kappa shape index (κ2) is 7.11. The van der Waals surface area contributed by atoms with Crippen LogP contribution in [0.5, 0.6) is 0 Å². The van der Waals surface area contributed by atoms with Gasteiger partial charge in [-0.25, -0.2) is 0 Å². The molecule has 1 aliphatic rings. The van der Waals surface area contributed by atoms with E-state index in [9.17, 15) is 0 Å². The zero-order valence-electron chi connectivity index (χ0n) is 12.3. The number of hydrogen-bond acceptors (Lipinski definition) is 2. The first-order valence-electron chi connectivity index (χ1n) is 7.56. The average Bonchev–Trinajstić information content (AvgIpc) is 2.45. The third-order valence-corrected chi connectivity index (χ3v) is 3.80. The molecule has 1 aromatic carbocycles. The molecule has 2 nitrogen and oxygen atoms in total. The topological polar surface area (TPSA) is 18.5 Å². The van der Waals surface area contributed by atoms with Crippen LogP contribution < -0.4 is 5.46 Å². The van der Waals surface area contributed by atoms with Crippen LogP contribution in [0.2, 0.25) is 0 Å². The lowest BCUT2D eigenvalue weighted by atomic mass is 9.75. The molecule has 0 saturated carbocycles. The molecular formula is C16H25BO2. The molecule has 1 aliphatic heterocycles. The van der Waals surface area contributed by atoms with E-state index < -0.39 is 0 Å². The molecule has 0 unspecified atom stereocenters. The summed E-state index contributed by atoms with van der Waals surface area (Å²) in [7, 11) is -0.191. The highest BCUT2D eigenvalue weighted by Crippen LogP contribution is 2.25. The maximum absolute atomic E-state index is 6.13. The summed E-state index contributed by atoms with van der Waals surface area (Å²) in [5.41, 5.74) is 1.13. The lowest BCUT2D eigenvalue weighted by Crippen LogP contribution is -2.49. The van der Waals surface area contributed by atoms with Crippen LogP contribution in [0, 0.1) is 5.92 Å². The number of rotatable bonds is 5. The summed E-state index contributed by atoms with van der Waals surface area (Å²) in [6, 6.07) is 10.3. The van der Waals surface area contributed by atoms with Crippen LogP contribution in [-0.2, 0) is 9.31 Å². The Balaban J connectivity index is 2.06. The molecule has 19 heavy (non-hydrogen) atoms. The van der Waals surface area contributed by atoms with E-state index in [1.54, 1.807) is 0 Å². The Labute approximate surface area is 117 Å². The predicted molar refractivity (Wildman–Crippen MR) is 80.6 cm³/mol. The van der Waals surface area contributed by atoms with Gasteiger partial charge in [-0.05, 0) is 24.2 Å². The minimum atomic E-state index is -0.191. The lowest BCUT2D eigenvalue weighted by molar-refractivity contribution is -0.00256. The summed E-state index contributed by atoms with van der Waals surface area (Å²) in [4.78, 5) is 0. The van der Waals surface area contributed by atoms with Gasteiger partial charge in [0.2, 0.25) is 0 Å². The van der Waals surface area contributed by atoms with Crippen LogP contribution in [-0.4, -0.2) is 19.3 Å². The van der Waals surface area contributed by atoms with Crippen LogP contribution in [0.15, 0.2) is 30.3 Å². The van der Waals surface area contributed by atoms with E-state index in [2.05, 4.69) is 32.9 Å². The average molecular weight is 260 g/mol. The maximum atomic E-state index is 6.13. The van der Waals surface area contributed by atoms with Gasteiger partial charge in [0.15, 0.2) is 0 Å². The van der Waals surface area contributed by atoms with Gasteiger partial charge in [-0.2, -0.15) is 0 Å². The largest absolute Gasteiger partial charge is 0.494 e. The second-order valence-corrected chi connectivity index (χ2v) is 5.80. The molecule has 0 N–H and O–H groups in total. The molecular weight excluding hydrogens is 235 g/mol. The van der Waals surface area contributed by atoms with Crippen molar-refractivity contribution in [3.8, 4) is 0 Å². The SMILES string of the molecule is CCCC[C@@H]1C[C@@H](C(C)C)OB(c2ccccc2)O1. The third kappa shape index (κ3) is 4.08. The van der Waals surface area contributed by atoms with Crippen molar-refractivity contribution in [2.75, 3.05) is 0 Å². The lowest BCUT2D eigenvalue weighted by Gasteiger charge is -2.36. The van der Waals surface area contributed by atoms with Gasteiger partial charge in [-0.3, -0.25) is 0 Å². The molecule has 0 radical (unpaired) electrons. The van der Waals surface area contributed by atoms with Crippen LogP contribution in [0.25, 0.3) is 0 Å². The van der Waals surface area contributed by atoms with E-state index in [1.807, 2.05) is 18.2 Å². The molecule has 2 atom stereocenters. The van der Waals surface area contributed by atoms with Crippen molar-refractivity contribution in [3.05, 3.63) is 30.3 Å². The summed E-state index contributed by atoms with van der Waals surface area (Å²) in [6.45, 7) is 6.69. The van der Waals surface area contributed by atoms with Gasteiger partial charge in [-0.15, -0.1) is 0 Å². The normalized spacial score (nSPS) is 23.9. The van der Waals surface area contributed by atoms with Gasteiger partial charge in [-0.1, -0.05) is 63.9 Å². The molecule has 0 bridgehead atoms. The van der Waals surface area contributed by atoms with Crippen molar-refractivity contribution in [2.24, 2.45) is 5.92 Å². The van der Waals surface area contributed by atoms with Crippen molar-refractivity contribution in [1.29, 1.82) is 0 Å². The Morgan fingerprint density at radius 1 is 1.21 bits per heavy atom. The van der Waals surface area contributed by atoms with Crippen LogP contribution in [0.1, 0.15) is 46.5 Å². The summed E-state index contributed by atoms with van der Waals surface area (Å²) >= 11 is 0. The molecule has 1 saturated heterocycles. The fourth-order valence-electron chi connectivity index (χ4n) is 2.55. The fraction of sp³-hybridized carbons (Fsp3) is 0.625. The van der Waals surface area contributed by atoms with Gasteiger partial charge < -0.3 is 9.31 Å². The standard InChI is InChI=1S/C16H25BO2/c1-4-5-11-15-12-16(13(2)3)19-17(18-15)14-9-7-6-8-10-14/h6-10,13,15-16H,4-5,11-12H2,1-3H3/t15-,16+/m1/s1. The summed E-state index contributed by atoms with van der Waals surface area (Å²) in [6.07, 6.45) is 5.28. The molecule has 104 valence electrons. The Hall–Kier alpha value is -0.795. The molecule has 2 rings (SSSR count). The van der Waals surface area contributed by atoms with E-state index in [0.29, 0.717) is 18.1 Å². The summed E-state index contributed by atoms with van der Waals surface area (Å²) in [5, 5.41) is 0. The van der Waals surface area contributed by atoms with Gasteiger partial charge in [0, 0.05) is 12.2 Å². The second-order valence-electron chi connectivity index (χ2n) is 5.80. The van der Waals surface area contributed by atoms with Crippen LogP contribution >= 0.6 is 0 Å². The van der Waals surface area contributed by atoms with Crippen molar-refractivity contribution in [1.82, 2.24) is 0 Å². The maximum Gasteiger partial charge on any atom is 0.494 e. The van der Waals surface area contributed by atoms with E-state index in [1.165, 1.54) is 12.8 Å². The smallest absolute Gasteiger partial charge is 0.404 e. The minimum Gasteiger partial charge on any atom is -0.404 e. The third-order valence-electron chi connectivity index (χ3n) is 3.80. The highest BCUT2D eigenvalue weighted by atomic mass is 16.6. The number of benzene rings is 1. The molecule has 0 aromatic heterocycles. The first-order chi connectivity index (χ1) is 9.20. The van der Waals surface area contributed by atoms with Gasteiger partial charge in [0.05, 0.1) is 0 Å². The highest BCUT2D eigenvalue weighted by Gasteiger charge is 2.36. The molecule has 0 aliphatic carbocycles. The van der Waals surface area contributed by atoms with E-state index >= 15 is 0 Å². The fourth-order valence-corrected chi connectivity index (χ4v) is 2.55. The van der Waals surface area contributed by atoms with Crippen molar-refractivity contribution in [3.63, 3.8) is 0 Å².